The summed E-state index contributed by atoms with van der Waals surface area (Å²) >= 11 is 0.350. The Morgan fingerprint density at radius 1 is 1.35 bits per heavy atom. The quantitative estimate of drug-likeness (QED) is 0.810. The van der Waals surface area contributed by atoms with Gasteiger partial charge in [-0.3, -0.25) is 0 Å². The van der Waals surface area contributed by atoms with Crippen molar-refractivity contribution >= 4 is 17.7 Å². The summed E-state index contributed by atoms with van der Waals surface area (Å²) < 4.78 is 43.3. The maximum atomic E-state index is 12.4. The number of rotatable bonds is 6. The lowest BCUT2D eigenvalue weighted by Gasteiger charge is -2.09. The fourth-order valence-corrected chi connectivity index (χ4v) is 2.55. The number of alkyl halides is 3. The Balaban J connectivity index is 2.24. The van der Waals surface area contributed by atoms with E-state index in [1.54, 1.807) is 24.3 Å². The first kappa shape index (κ1) is 17.1. The van der Waals surface area contributed by atoms with Crippen molar-refractivity contribution in [1.82, 2.24) is 15.0 Å². The van der Waals surface area contributed by atoms with Crippen LogP contribution in [0.5, 0.6) is 5.75 Å². The molecule has 2 aromatic rings. The smallest absolute Gasteiger partial charge is 0.398 e. The van der Waals surface area contributed by atoms with E-state index in [1.807, 2.05) is 0 Å². The lowest BCUT2D eigenvalue weighted by Crippen LogP contribution is -2.13. The summed E-state index contributed by atoms with van der Waals surface area (Å²) in [7, 11) is 1.51. The van der Waals surface area contributed by atoms with Gasteiger partial charge in [0, 0.05) is 0 Å². The number of benzene rings is 1. The van der Waals surface area contributed by atoms with Crippen LogP contribution in [0.15, 0.2) is 29.3 Å². The third kappa shape index (κ3) is 4.62. The van der Waals surface area contributed by atoms with Crippen LogP contribution >= 0.6 is 11.8 Å². The Bertz CT molecular complexity index is 686. The maximum Gasteiger partial charge on any atom is 0.398 e. The number of ether oxygens (including phenoxy) is 1. The second kappa shape index (κ2) is 6.90. The van der Waals surface area contributed by atoms with Gasteiger partial charge in [0.05, 0.1) is 19.4 Å². The molecule has 0 atom stereocenters. The Kier molecular flexibility index (Phi) is 5.14. The second-order valence-electron chi connectivity index (χ2n) is 4.46. The Hall–Kier alpha value is -2.23. The van der Waals surface area contributed by atoms with Crippen LogP contribution in [0.1, 0.15) is 16.1 Å². The van der Waals surface area contributed by atoms with Crippen molar-refractivity contribution < 1.29 is 27.8 Å². The topological polar surface area (TPSA) is 77.2 Å². The van der Waals surface area contributed by atoms with Gasteiger partial charge in [-0.2, -0.15) is 13.2 Å². The van der Waals surface area contributed by atoms with Gasteiger partial charge < -0.3 is 9.84 Å². The third-order valence-corrected chi connectivity index (χ3v) is 3.91. The molecule has 0 bridgehead atoms. The molecule has 0 aliphatic heterocycles. The molecule has 10 heteroatoms. The standard InChI is InChI=1S/C13H12F3N3O3S/c1-22-9-4-2-8(3-5-9)6-19-11(23-7-13(14,15)16)10(12(20)21)17-18-19/h2-5H,6-7H2,1H3,(H,20,21). The maximum absolute atomic E-state index is 12.4. The number of carboxylic acid groups (broad SMARTS) is 1. The molecule has 1 N–H and O–H groups in total. The van der Waals surface area contributed by atoms with Gasteiger partial charge in [0.15, 0.2) is 0 Å². The van der Waals surface area contributed by atoms with E-state index in [1.165, 1.54) is 7.11 Å². The molecule has 0 aliphatic carbocycles. The number of aromatic nitrogens is 3. The van der Waals surface area contributed by atoms with E-state index in [0.29, 0.717) is 17.5 Å². The van der Waals surface area contributed by atoms with Gasteiger partial charge in [-0.1, -0.05) is 29.1 Å². The van der Waals surface area contributed by atoms with Gasteiger partial charge in [0.1, 0.15) is 10.8 Å². The average Bonchev–Trinajstić information content (AvgIpc) is 2.88. The molecule has 1 aromatic carbocycles. The summed E-state index contributed by atoms with van der Waals surface area (Å²) in [6.45, 7) is 0.102. The van der Waals surface area contributed by atoms with Crippen molar-refractivity contribution in [1.29, 1.82) is 0 Å². The van der Waals surface area contributed by atoms with Crippen molar-refractivity contribution in [2.24, 2.45) is 0 Å². The highest BCUT2D eigenvalue weighted by atomic mass is 32.2. The monoisotopic (exact) mass is 347 g/mol. The molecule has 0 radical (unpaired) electrons. The Labute approximate surface area is 133 Å². The van der Waals surface area contributed by atoms with Gasteiger partial charge in [-0.25, -0.2) is 9.48 Å². The molecule has 0 unspecified atom stereocenters. The number of aromatic carboxylic acids is 1. The van der Waals surface area contributed by atoms with Crippen LogP contribution in [0.25, 0.3) is 0 Å². The van der Waals surface area contributed by atoms with Crippen molar-refractivity contribution in [2.75, 3.05) is 12.9 Å². The van der Waals surface area contributed by atoms with Crippen LogP contribution in [0, 0.1) is 0 Å². The van der Waals surface area contributed by atoms with E-state index in [2.05, 4.69) is 10.3 Å². The molecular weight excluding hydrogens is 335 g/mol. The highest BCUT2D eigenvalue weighted by molar-refractivity contribution is 7.99. The highest BCUT2D eigenvalue weighted by Crippen LogP contribution is 2.29. The minimum absolute atomic E-state index is 0.102. The largest absolute Gasteiger partial charge is 0.497 e. The molecule has 0 aliphatic rings. The van der Waals surface area contributed by atoms with E-state index >= 15 is 0 Å². The fraction of sp³-hybridized carbons (Fsp3) is 0.308. The van der Waals surface area contributed by atoms with Crippen molar-refractivity contribution in [3.63, 3.8) is 0 Å². The minimum atomic E-state index is -4.42. The van der Waals surface area contributed by atoms with E-state index in [4.69, 9.17) is 9.84 Å². The summed E-state index contributed by atoms with van der Waals surface area (Å²) in [4.78, 5) is 11.1. The van der Waals surface area contributed by atoms with Crippen molar-refractivity contribution in [2.45, 2.75) is 17.7 Å². The molecule has 0 saturated carbocycles. The summed E-state index contributed by atoms with van der Waals surface area (Å²) in [5.41, 5.74) is 0.231. The van der Waals surface area contributed by atoms with Gasteiger partial charge in [0.2, 0.25) is 5.69 Å². The number of hydrogen-bond acceptors (Lipinski definition) is 5. The van der Waals surface area contributed by atoms with Crippen LogP contribution in [0.3, 0.4) is 0 Å². The van der Waals surface area contributed by atoms with E-state index in [0.717, 1.165) is 10.2 Å². The number of nitrogens with zero attached hydrogens (tertiary/aromatic N) is 3. The minimum Gasteiger partial charge on any atom is -0.497 e. The molecule has 23 heavy (non-hydrogen) atoms. The highest BCUT2D eigenvalue weighted by Gasteiger charge is 2.30. The lowest BCUT2D eigenvalue weighted by molar-refractivity contribution is -0.105. The first-order valence-corrected chi connectivity index (χ1v) is 7.28. The molecule has 0 saturated heterocycles. The summed E-state index contributed by atoms with van der Waals surface area (Å²) in [6, 6.07) is 6.79. The molecule has 1 aromatic heterocycles. The fourth-order valence-electron chi connectivity index (χ4n) is 1.74. The van der Waals surface area contributed by atoms with Gasteiger partial charge in [-0.05, 0) is 17.7 Å². The van der Waals surface area contributed by atoms with Crippen molar-refractivity contribution in [3.05, 3.63) is 35.5 Å². The number of hydrogen-bond donors (Lipinski definition) is 1. The van der Waals surface area contributed by atoms with E-state index in [-0.39, 0.29) is 11.6 Å². The zero-order chi connectivity index (χ0) is 17.0. The summed E-state index contributed by atoms with van der Waals surface area (Å²) in [5, 5.41) is 16.0. The molecule has 124 valence electrons. The zero-order valence-corrected chi connectivity index (χ0v) is 12.7. The Morgan fingerprint density at radius 2 is 2.00 bits per heavy atom. The van der Waals surface area contributed by atoms with E-state index in [9.17, 15) is 18.0 Å². The first-order chi connectivity index (χ1) is 10.8. The SMILES string of the molecule is COc1ccc(Cn2nnc(C(=O)O)c2SCC(F)(F)F)cc1. The van der Waals surface area contributed by atoms with Gasteiger partial charge >= 0.3 is 12.1 Å². The van der Waals surface area contributed by atoms with Crippen LogP contribution < -0.4 is 4.74 Å². The number of methoxy groups -OCH3 is 1. The van der Waals surface area contributed by atoms with Crippen LogP contribution in [0.2, 0.25) is 0 Å². The van der Waals surface area contributed by atoms with Crippen LogP contribution in [-0.2, 0) is 6.54 Å². The van der Waals surface area contributed by atoms with Crippen LogP contribution in [-0.4, -0.2) is 45.1 Å². The van der Waals surface area contributed by atoms with E-state index < -0.39 is 23.6 Å². The third-order valence-electron chi connectivity index (χ3n) is 2.76. The average molecular weight is 347 g/mol. The van der Waals surface area contributed by atoms with Gasteiger partial charge in [-0.15, -0.1) is 5.10 Å². The summed E-state index contributed by atoms with van der Waals surface area (Å²) in [6.07, 6.45) is -4.42. The number of carboxylic acids is 1. The molecule has 0 fully saturated rings. The summed E-state index contributed by atoms with van der Waals surface area (Å²) in [5.74, 6) is -2.01. The zero-order valence-electron chi connectivity index (χ0n) is 11.9. The first-order valence-electron chi connectivity index (χ1n) is 6.29. The predicted molar refractivity (Wildman–Crippen MR) is 75.9 cm³/mol. The normalized spacial score (nSPS) is 11.5. The molecular formula is C13H12F3N3O3S. The second-order valence-corrected chi connectivity index (χ2v) is 5.42. The molecule has 0 spiro atoms. The number of halogens is 3. The molecule has 0 amide bonds. The van der Waals surface area contributed by atoms with Gasteiger partial charge in [0.25, 0.3) is 0 Å². The predicted octanol–water partition coefficient (Wildman–Crippen LogP) is 2.69. The molecule has 1 heterocycles. The lowest BCUT2D eigenvalue weighted by atomic mass is 10.2. The molecule has 6 nitrogen and oxygen atoms in total. The van der Waals surface area contributed by atoms with Crippen molar-refractivity contribution in [3.8, 4) is 5.75 Å². The van der Waals surface area contributed by atoms with Crippen LogP contribution in [0.4, 0.5) is 13.2 Å². The Morgan fingerprint density at radius 3 is 2.52 bits per heavy atom. The number of thioether (sulfide) groups is 1. The number of carbonyl (C=O) groups is 1. The molecule has 2 rings (SSSR count).